The van der Waals surface area contributed by atoms with Gasteiger partial charge in [0.05, 0.1) is 0 Å². The van der Waals surface area contributed by atoms with Crippen LogP contribution in [0.25, 0.3) is 0 Å². The highest BCUT2D eigenvalue weighted by molar-refractivity contribution is 5.29. The van der Waals surface area contributed by atoms with Gasteiger partial charge in [-0.25, -0.2) is 4.39 Å². The first-order chi connectivity index (χ1) is 17.0. The van der Waals surface area contributed by atoms with E-state index >= 15 is 0 Å². The normalized spacial score (nSPS) is 27.9. The Hall–Kier alpha value is -0.970. The molecule has 3 aliphatic carbocycles. The van der Waals surface area contributed by atoms with Crippen molar-refractivity contribution in [3.63, 3.8) is 0 Å². The summed E-state index contributed by atoms with van der Waals surface area (Å²) in [6.07, 6.45) is 17.3. The van der Waals surface area contributed by atoms with E-state index in [1.54, 1.807) is 6.07 Å². The highest BCUT2D eigenvalue weighted by Crippen LogP contribution is 2.44. The number of aliphatic hydroxyl groups excluding tert-OH is 1. The van der Waals surface area contributed by atoms with Crippen LogP contribution in [0.5, 0.6) is 0 Å². The third-order valence-corrected chi connectivity index (χ3v) is 9.33. The molecule has 0 spiro atoms. The maximum absolute atomic E-state index is 14.3. The van der Waals surface area contributed by atoms with Crippen molar-refractivity contribution in [3.8, 4) is 0 Å². The van der Waals surface area contributed by atoms with E-state index in [2.05, 4.69) is 11.0 Å². The van der Waals surface area contributed by atoms with Crippen molar-refractivity contribution in [3.05, 3.63) is 35.1 Å². The summed E-state index contributed by atoms with van der Waals surface area (Å²) in [5, 5.41) is 10.6. The van der Waals surface area contributed by atoms with Crippen LogP contribution < -0.4 is 0 Å². The Balaban J connectivity index is 1.62. The molecule has 0 radical (unpaired) electrons. The molecule has 3 nitrogen and oxygen atoms in total. The van der Waals surface area contributed by atoms with Gasteiger partial charge in [0.1, 0.15) is 5.82 Å². The van der Waals surface area contributed by atoms with Gasteiger partial charge in [0, 0.05) is 38.1 Å². The summed E-state index contributed by atoms with van der Waals surface area (Å²) in [4.78, 5) is 2.90. The van der Waals surface area contributed by atoms with Crippen LogP contribution in [0.1, 0.15) is 114 Å². The van der Waals surface area contributed by atoms with Crippen LogP contribution in [-0.2, 0) is 4.74 Å². The Morgan fingerprint density at radius 1 is 0.914 bits per heavy atom. The van der Waals surface area contributed by atoms with Gasteiger partial charge in [-0.15, -0.1) is 0 Å². The van der Waals surface area contributed by atoms with Crippen molar-refractivity contribution in [1.29, 1.82) is 0 Å². The molecule has 0 amide bonds. The van der Waals surface area contributed by atoms with Gasteiger partial charge in [-0.2, -0.15) is 0 Å². The third-order valence-electron chi connectivity index (χ3n) is 9.33. The first kappa shape index (κ1) is 27.1. The second-order valence-corrected chi connectivity index (χ2v) is 11.9. The maximum Gasteiger partial charge on any atom is 0.154 e. The van der Waals surface area contributed by atoms with E-state index in [4.69, 9.17) is 4.74 Å². The zero-order valence-electron chi connectivity index (χ0n) is 22.4. The number of nitrogens with zero attached hydrogens (tertiary/aromatic N) is 1. The largest absolute Gasteiger partial charge is 0.368 e. The van der Waals surface area contributed by atoms with Gasteiger partial charge in [-0.1, -0.05) is 57.1 Å². The number of hydrogen-bond acceptors (Lipinski definition) is 3. The third kappa shape index (κ3) is 7.52. The van der Waals surface area contributed by atoms with Gasteiger partial charge in [0.15, 0.2) is 6.29 Å². The fourth-order valence-electron chi connectivity index (χ4n) is 7.57. The van der Waals surface area contributed by atoms with E-state index in [0.717, 1.165) is 23.8 Å². The number of hydrogen-bond donors (Lipinski definition) is 1. The number of benzene rings is 1. The highest BCUT2D eigenvalue weighted by Gasteiger charge is 2.40. The maximum atomic E-state index is 14.3. The van der Waals surface area contributed by atoms with Crippen molar-refractivity contribution < 1.29 is 14.2 Å². The Morgan fingerprint density at radius 2 is 1.54 bits per heavy atom. The summed E-state index contributed by atoms with van der Waals surface area (Å²) in [5.41, 5.74) is 2.00. The van der Waals surface area contributed by atoms with Crippen molar-refractivity contribution in [2.45, 2.75) is 122 Å². The predicted molar refractivity (Wildman–Crippen MR) is 142 cm³/mol. The van der Waals surface area contributed by atoms with Crippen LogP contribution in [0.15, 0.2) is 18.2 Å². The number of aliphatic hydroxyl groups is 1. The summed E-state index contributed by atoms with van der Waals surface area (Å²) < 4.78 is 19.9. The van der Waals surface area contributed by atoms with Gasteiger partial charge in [0.2, 0.25) is 0 Å². The molecule has 198 valence electrons. The molecule has 3 aliphatic rings. The van der Waals surface area contributed by atoms with E-state index in [0.29, 0.717) is 30.9 Å². The first-order valence-corrected chi connectivity index (χ1v) is 14.8. The van der Waals surface area contributed by atoms with Crippen molar-refractivity contribution in [1.82, 2.24) is 4.90 Å². The molecule has 0 bridgehead atoms. The van der Waals surface area contributed by atoms with Gasteiger partial charge in [-0.3, -0.25) is 4.90 Å². The smallest absolute Gasteiger partial charge is 0.154 e. The molecular formula is C31H50FNO2. The van der Waals surface area contributed by atoms with Crippen LogP contribution in [0, 0.1) is 30.5 Å². The molecule has 4 unspecified atom stereocenters. The van der Waals surface area contributed by atoms with Gasteiger partial charge in [0.25, 0.3) is 0 Å². The Kier molecular flexibility index (Phi) is 10.5. The minimum absolute atomic E-state index is 0.117. The molecule has 0 saturated heterocycles. The van der Waals surface area contributed by atoms with Gasteiger partial charge in [-0.05, 0) is 87.3 Å². The molecule has 1 N–H and O–H groups in total. The van der Waals surface area contributed by atoms with Crippen molar-refractivity contribution in [2.75, 3.05) is 19.7 Å². The Morgan fingerprint density at radius 3 is 2.11 bits per heavy atom. The molecule has 0 aromatic heterocycles. The van der Waals surface area contributed by atoms with Gasteiger partial charge >= 0.3 is 0 Å². The molecule has 1 aromatic carbocycles. The summed E-state index contributed by atoms with van der Waals surface area (Å²) in [7, 11) is 0. The highest BCUT2D eigenvalue weighted by atomic mass is 19.1. The van der Waals surface area contributed by atoms with Gasteiger partial charge < -0.3 is 9.84 Å². The lowest BCUT2D eigenvalue weighted by Gasteiger charge is -2.47. The summed E-state index contributed by atoms with van der Waals surface area (Å²) in [5.74, 6) is 2.20. The van der Waals surface area contributed by atoms with Crippen LogP contribution in [0.3, 0.4) is 0 Å². The van der Waals surface area contributed by atoms with Crippen molar-refractivity contribution >= 4 is 0 Å². The number of rotatable bonds is 10. The zero-order chi connectivity index (χ0) is 24.6. The minimum atomic E-state index is -0.710. The fourth-order valence-corrected chi connectivity index (χ4v) is 7.57. The molecule has 4 heteroatoms. The first-order valence-electron chi connectivity index (χ1n) is 14.8. The summed E-state index contributed by atoms with van der Waals surface area (Å²) in [6.45, 7) is 6.82. The fraction of sp³-hybridized carbons (Fsp3) is 0.806. The van der Waals surface area contributed by atoms with E-state index in [-0.39, 0.29) is 5.82 Å². The standard InChI is InChI=1S/C31H50FNO2/c1-3-35-30(34)20-26-15-10-16-29(31(26)27-17-18-28(32)23(2)19-27)33(21-24-11-6-4-7-12-24)22-25-13-8-5-9-14-25/h17-19,24-26,29-31,34H,3-16,20-22H2,1-2H3. The van der Waals surface area contributed by atoms with Crippen molar-refractivity contribution in [2.24, 2.45) is 17.8 Å². The quantitative estimate of drug-likeness (QED) is 0.345. The molecular weight excluding hydrogens is 437 g/mol. The number of ether oxygens (including phenoxy) is 1. The predicted octanol–water partition coefficient (Wildman–Crippen LogP) is 7.59. The van der Waals surface area contributed by atoms with Crippen LogP contribution in [-0.4, -0.2) is 42.0 Å². The SMILES string of the molecule is CCOC(O)CC1CCCC(N(CC2CCCCC2)CC2CCCCC2)C1c1ccc(F)c(C)c1. The summed E-state index contributed by atoms with van der Waals surface area (Å²) >= 11 is 0. The molecule has 4 atom stereocenters. The topological polar surface area (TPSA) is 32.7 Å². The molecule has 0 aliphatic heterocycles. The average molecular weight is 488 g/mol. The molecule has 0 heterocycles. The van der Waals surface area contributed by atoms with E-state index in [1.807, 2.05) is 19.9 Å². The zero-order valence-corrected chi connectivity index (χ0v) is 22.4. The summed E-state index contributed by atoms with van der Waals surface area (Å²) in [6, 6.07) is 6.26. The number of aryl methyl sites for hydroxylation is 1. The Labute approximate surface area is 213 Å². The average Bonchev–Trinajstić information content (AvgIpc) is 2.87. The van der Waals surface area contributed by atoms with E-state index in [9.17, 15) is 9.50 Å². The lowest BCUT2D eigenvalue weighted by atomic mass is 9.69. The Bertz CT molecular complexity index is 738. The van der Waals surface area contributed by atoms with Crippen LogP contribution in [0.4, 0.5) is 4.39 Å². The van der Waals surface area contributed by atoms with Crippen LogP contribution in [0.2, 0.25) is 0 Å². The van der Waals surface area contributed by atoms with Crippen LogP contribution >= 0.6 is 0 Å². The lowest BCUT2D eigenvalue weighted by molar-refractivity contribution is -0.113. The minimum Gasteiger partial charge on any atom is -0.368 e. The molecule has 3 fully saturated rings. The van der Waals surface area contributed by atoms with E-state index < -0.39 is 6.29 Å². The number of halogens is 1. The molecule has 35 heavy (non-hydrogen) atoms. The molecule has 3 saturated carbocycles. The molecule has 1 aromatic rings. The molecule has 4 rings (SSSR count). The lowest BCUT2D eigenvalue weighted by Crippen LogP contribution is -2.49. The van der Waals surface area contributed by atoms with E-state index in [1.165, 1.54) is 95.7 Å². The monoisotopic (exact) mass is 487 g/mol. The second-order valence-electron chi connectivity index (χ2n) is 11.9. The second kappa shape index (κ2) is 13.5.